The summed E-state index contributed by atoms with van der Waals surface area (Å²) in [6.07, 6.45) is 5.77. The van der Waals surface area contributed by atoms with E-state index in [-0.39, 0.29) is 0 Å². The lowest BCUT2D eigenvalue weighted by Crippen LogP contribution is -2.12. The van der Waals surface area contributed by atoms with E-state index in [0.29, 0.717) is 0 Å². The van der Waals surface area contributed by atoms with E-state index in [0.717, 1.165) is 13.1 Å². The molecule has 0 radical (unpaired) electrons. The minimum atomic E-state index is 0.938. The molecule has 0 fully saturated rings. The van der Waals surface area contributed by atoms with Crippen LogP contribution in [0.2, 0.25) is 0 Å². The van der Waals surface area contributed by atoms with Gasteiger partial charge in [-0.15, -0.1) is 0 Å². The van der Waals surface area contributed by atoms with Crippen molar-refractivity contribution in [1.29, 1.82) is 0 Å². The van der Waals surface area contributed by atoms with Crippen LogP contribution in [0.3, 0.4) is 0 Å². The molecule has 0 bridgehead atoms. The highest BCUT2D eigenvalue weighted by molar-refractivity contribution is 7.96. The van der Waals surface area contributed by atoms with Gasteiger partial charge in [-0.25, -0.2) is 0 Å². The lowest BCUT2D eigenvalue weighted by molar-refractivity contribution is 0.612. The summed E-state index contributed by atoms with van der Waals surface area (Å²) < 4.78 is 5.05. The van der Waals surface area contributed by atoms with Crippen LogP contribution in [-0.2, 0) is 6.54 Å². The maximum Gasteiger partial charge on any atom is 0.0543 e. The third-order valence-electron chi connectivity index (χ3n) is 1.15. The standard InChI is InChI=1S/C6H11N3S/c1-10-8-4-6-9-5-2-3-7-9/h2-3,5,8H,4,6H2,1H3. The molecule has 0 amide bonds. The first-order valence-corrected chi connectivity index (χ1v) is 4.39. The lowest BCUT2D eigenvalue weighted by Gasteiger charge is -1.99. The first-order chi connectivity index (χ1) is 4.93. The second kappa shape index (κ2) is 4.35. The van der Waals surface area contributed by atoms with Gasteiger partial charge in [0.05, 0.1) is 6.54 Å². The molecule has 10 heavy (non-hydrogen) atoms. The van der Waals surface area contributed by atoms with E-state index >= 15 is 0 Å². The topological polar surface area (TPSA) is 29.9 Å². The van der Waals surface area contributed by atoms with Crippen LogP contribution in [0.25, 0.3) is 0 Å². The molecule has 1 heterocycles. The minimum Gasteiger partial charge on any atom is -0.271 e. The maximum absolute atomic E-state index is 4.06. The summed E-state index contributed by atoms with van der Waals surface area (Å²) in [7, 11) is 0. The molecule has 0 aliphatic rings. The molecule has 0 unspecified atom stereocenters. The van der Waals surface area contributed by atoms with Crippen molar-refractivity contribution in [2.24, 2.45) is 0 Å². The molecule has 0 aromatic carbocycles. The van der Waals surface area contributed by atoms with Gasteiger partial charge in [-0.05, 0) is 12.3 Å². The maximum atomic E-state index is 4.06. The van der Waals surface area contributed by atoms with Crippen molar-refractivity contribution in [2.45, 2.75) is 6.54 Å². The van der Waals surface area contributed by atoms with Gasteiger partial charge in [-0.3, -0.25) is 9.40 Å². The van der Waals surface area contributed by atoms with Crippen molar-refractivity contribution in [3.63, 3.8) is 0 Å². The van der Waals surface area contributed by atoms with Crippen LogP contribution >= 0.6 is 11.9 Å². The Morgan fingerprint density at radius 3 is 3.20 bits per heavy atom. The van der Waals surface area contributed by atoms with Gasteiger partial charge in [0, 0.05) is 18.9 Å². The zero-order valence-electron chi connectivity index (χ0n) is 5.95. The molecule has 4 heteroatoms. The van der Waals surface area contributed by atoms with Gasteiger partial charge in [0.1, 0.15) is 0 Å². The molecule has 1 rings (SSSR count). The summed E-state index contributed by atoms with van der Waals surface area (Å²) in [5.74, 6) is 0. The van der Waals surface area contributed by atoms with Crippen molar-refractivity contribution in [3.8, 4) is 0 Å². The Hall–Kier alpha value is -0.480. The van der Waals surface area contributed by atoms with E-state index < -0.39 is 0 Å². The van der Waals surface area contributed by atoms with E-state index in [1.165, 1.54) is 0 Å². The van der Waals surface area contributed by atoms with Crippen LogP contribution in [0.4, 0.5) is 0 Å². The van der Waals surface area contributed by atoms with Gasteiger partial charge in [-0.2, -0.15) is 5.10 Å². The fraction of sp³-hybridized carbons (Fsp3) is 0.500. The largest absolute Gasteiger partial charge is 0.271 e. The van der Waals surface area contributed by atoms with Crippen molar-refractivity contribution < 1.29 is 0 Å². The van der Waals surface area contributed by atoms with Crippen LogP contribution in [0.1, 0.15) is 0 Å². The van der Waals surface area contributed by atoms with Crippen LogP contribution in [0.5, 0.6) is 0 Å². The predicted molar refractivity (Wildman–Crippen MR) is 43.7 cm³/mol. The number of hydrogen-bond acceptors (Lipinski definition) is 3. The molecule has 0 aliphatic carbocycles. The summed E-state index contributed by atoms with van der Waals surface area (Å²) in [6, 6.07) is 1.93. The van der Waals surface area contributed by atoms with Gasteiger partial charge in [0.15, 0.2) is 0 Å². The quantitative estimate of drug-likeness (QED) is 0.516. The predicted octanol–water partition coefficient (Wildman–Crippen LogP) is 0.751. The summed E-state index contributed by atoms with van der Waals surface area (Å²) in [4.78, 5) is 0. The summed E-state index contributed by atoms with van der Waals surface area (Å²) in [6.45, 7) is 1.90. The van der Waals surface area contributed by atoms with Crippen LogP contribution in [0.15, 0.2) is 18.5 Å². The number of rotatable bonds is 4. The summed E-state index contributed by atoms with van der Waals surface area (Å²) in [5.41, 5.74) is 0. The number of nitrogens with one attached hydrogen (secondary N) is 1. The van der Waals surface area contributed by atoms with E-state index in [2.05, 4.69) is 9.82 Å². The van der Waals surface area contributed by atoms with Crippen molar-refractivity contribution in [3.05, 3.63) is 18.5 Å². The molecular weight excluding hydrogens is 146 g/mol. The third kappa shape index (κ3) is 2.41. The third-order valence-corrected chi connectivity index (χ3v) is 1.64. The SMILES string of the molecule is CSNCCn1cccn1. The summed E-state index contributed by atoms with van der Waals surface area (Å²) >= 11 is 1.63. The van der Waals surface area contributed by atoms with Gasteiger partial charge >= 0.3 is 0 Å². The summed E-state index contributed by atoms with van der Waals surface area (Å²) in [5, 5.41) is 4.06. The van der Waals surface area contributed by atoms with Gasteiger partial charge < -0.3 is 0 Å². The highest BCUT2D eigenvalue weighted by atomic mass is 32.2. The van der Waals surface area contributed by atoms with Gasteiger partial charge in [0.2, 0.25) is 0 Å². The molecule has 1 aromatic rings. The molecule has 3 nitrogen and oxygen atoms in total. The Morgan fingerprint density at radius 1 is 1.70 bits per heavy atom. The normalized spacial score (nSPS) is 10.1. The first kappa shape index (κ1) is 7.63. The number of nitrogens with zero attached hydrogens (tertiary/aromatic N) is 2. The van der Waals surface area contributed by atoms with E-state index in [9.17, 15) is 0 Å². The van der Waals surface area contributed by atoms with E-state index in [1.54, 1.807) is 18.1 Å². The average Bonchev–Trinajstić information content (AvgIpc) is 2.41. The Labute approximate surface area is 64.9 Å². The van der Waals surface area contributed by atoms with Crippen molar-refractivity contribution in [1.82, 2.24) is 14.5 Å². The van der Waals surface area contributed by atoms with Crippen LogP contribution in [0, 0.1) is 0 Å². The average molecular weight is 157 g/mol. The number of hydrogen-bond donors (Lipinski definition) is 1. The van der Waals surface area contributed by atoms with E-state index in [4.69, 9.17) is 0 Å². The minimum absolute atomic E-state index is 0.938. The first-order valence-electron chi connectivity index (χ1n) is 3.17. The van der Waals surface area contributed by atoms with Crippen molar-refractivity contribution in [2.75, 3.05) is 12.8 Å². The Kier molecular flexibility index (Phi) is 3.32. The lowest BCUT2D eigenvalue weighted by atomic mass is 10.6. The molecule has 0 spiro atoms. The zero-order chi connectivity index (χ0) is 7.23. The van der Waals surface area contributed by atoms with Crippen LogP contribution in [-0.4, -0.2) is 22.6 Å². The molecule has 1 aromatic heterocycles. The van der Waals surface area contributed by atoms with Gasteiger partial charge in [-0.1, -0.05) is 11.9 Å². The fourth-order valence-electron chi connectivity index (χ4n) is 0.695. The van der Waals surface area contributed by atoms with Crippen LogP contribution < -0.4 is 4.72 Å². The molecule has 0 saturated carbocycles. The molecular formula is C6H11N3S. The second-order valence-corrected chi connectivity index (χ2v) is 2.56. The second-order valence-electron chi connectivity index (χ2n) is 1.87. The molecule has 1 N–H and O–H groups in total. The Morgan fingerprint density at radius 2 is 2.60 bits per heavy atom. The number of aromatic nitrogens is 2. The molecule has 0 atom stereocenters. The van der Waals surface area contributed by atoms with E-state index in [1.807, 2.05) is 23.2 Å². The molecule has 56 valence electrons. The Bertz CT molecular complexity index is 162. The smallest absolute Gasteiger partial charge is 0.0543 e. The van der Waals surface area contributed by atoms with Gasteiger partial charge in [0.25, 0.3) is 0 Å². The molecule has 0 saturated heterocycles. The fourth-order valence-corrected chi connectivity index (χ4v) is 0.990. The monoisotopic (exact) mass is 157 g/mol. The molecule has 0 aliphatic heterocycles. The van der Waals surface area contributed by atoms with Crippen molar-refractivity contribution >= 4 is 11.9 Å². The zero-order valence-corrected chi connectivity index (χ0v) is 6.77. The highest BCUT2D eigenvalue weighted by Gasteiger charge is 1.86. The Balaban J connectivity index is 2.15. The highest BCUT2D eigenvalue weighted by Crippen LogP contribution is 1.85.